The van der Waals surface area contributed by atoms with Crippen molar-refractivity contribution < 1.29 is 0 Å². The average molecular weight is 588 g/mol. The van der Waals surface area contributed by atoms with Gasteiger partial charge in [0.25, 0.3) is 5.13 Å². The summed E-state index contributed by atoms with van der Waals surface area (Å²) in [6.07, 6.45) is 1.06. The quantitative estimate of drug-likeness (QED) is 0.0758. The van der Waals surface area contributed by atoms with E-state index in [4.69, 9.17) is 0 Å². The standard InChI is InChI=1S/C33H33N9S/c1-4-21(2)34-29-17-18-31(26-10-6-5-9-25(26)29)39-40-32-20-19-30(27-11-7-8-12-28(27)32)38-36-23-13-15-24(16-14-23)37-42-33-41-35-22(3)43-33/h5-21,34,36,38-40H,4H2,1-3H3. The van der Waals surface area contributed by atoms with Crippen molar-refractivity contribution in [3.63, 3.8) is 0 Å². The van der Waals surface area contributed by atoms with Gasteiger partial charge in [0.05, 0.1) is 28.4 Å². The molecule has 0 aliphatic rings. The van der Waals surface area contributed by atoms with Crippen LogP contribution in [0.15, 0.2) is 107 Å². The van der Waals surface area contributed by atoms with Crippen molar-refractivity contribution >= 4 is 72.1 Å². The molecule has 1 unspecified atom stereocenters. The van der Waals surface area contributed by atoms with E-state index in [2.05, 4.69) is 122 Å². The van der Waals surface area contributed by atoms with Crippen molar-refractivity contribution in [1.29, 1.82) is 0 Å². The second kappa shape index (κ2) is 12.7. The Morgan fingerprint density at radius 1 is 0.628 bits per heavy atom. The van der Waals surface area contributed by atoms with Gasteiger partial charge in [0, 0.05) is 33.3 Å². The van der Waals surface area contributed by atoms with Crippen molar-refractivity contribution in [2.24, 2.45) is 10.2 Å². The van der Waals surface area contributed by atoms with Gasteiger partial charge in [0.2, 0.25) is 0 Å². The third kappa shape index (κ3) is 6.49. The van der Waals surface area contributed by atoms with Crippen LogP contribution in [-0.2, 0) is 0 Å². The highest BCUT2D eigenvalue weighted by Crippen LogP contribution is 2.33. The van der Waals surface area contributed by atoms with E-state index >= 15 is 0 Å². The van der Waals surface area contributed by atoms with E-state index < -0.39 is 0 Å². The van der Waals surface area contributed by atoms with Gasteiger partial charge >= 0.3 is 0 Å². The number of nitrogens with one attached hydrogen (secondary N) is 5. The number of rotatable bonds is 11. The average Bonchev–Trinajstić information content (AvgIpc) is 3.47. The molecule has 1 aromatic heterocycles. The summed E-state index contributed by atoms with van der Waals surface area (Å²) in [5.41, 5.74) is 19.3. The SMILES string of the molecule is CCC(C)Nc1ccc(NNc2ccc(NNc3ccc(N=Nc4nnc(C)s4)cc3)c3ccccc23)c2ccccc12. The molecule has 1 atom stereocenters. The van der Waals surface area contributed by atoms with Gasteiger partial charge in [-0.2, -0.15) is 0 Å². The molecule has 5 N–H and O–H groups in total. The maximum Gasteiger partial charge on any atom is 0.251 e. The number of hydrazine groups is 2. The highest BCUT2D eigenvalue weighted by molar-refractivity contribution is 7.14. The molecule has 10 heteroatoms. The molecular weight excluding hydrogens is 554 g/mol. The number of azo groups is 1. The molecule has 0 saturated carbocycles. The molecule has 6 rings (SSSR count). The monoisotopic (exact) mass is 587 g/mol. The molecule has 0 saturated heterocycles. The minimum Gasteiger partial charge on any atom is -0.382 e. The normalized spacial score (nSPS) is 12.0. The molecule has 0 radical (unpaired) electrons. The lowest BCUT2D eigenvalue weighted by Crippen LogP contribution is -2.14. The summed E-state index contributed by atoms with van der Waals surface area (Å²) in [5.74, 6) is 0. The Bertz CT molecular complexity index is 1880. The summed E-state index contributed by atoms with van der Waals surface area (Å²) in [4.78, 5) is 0. The molecule has 1 heterocycles. The van der Waals surface area contributed by atoms with E-state index in [0.717, 1.165) is 61.7 Å². The molecule has 0 bridgehead atoms. The molecular formula is C33H33N9S. The van der Waals surface area contributed by atoms with Crippen molar-refractivity contribution in [3.05, 3.63) is 102 Å². The topological polar surface area (TPSA) is 111 Å². The van der Waals surface area contributed by atoms with Crippen molar-refractivity contribution in [1.82, 2.24) is 10.2 Å². The summed E-state index contributed by atoms with van der Waals surface area (Å²) in [6, 6.07) is 33.2. The Kier molecular flexibility index (Phi) is 8.28. The van der Waals surface area contributed by atoms with Crippen LogP contribution in [0, 0.1) is 6.92 Å². The summed E-state index contributed by atoms with van der Waals surface area (Å²) in [5, 5.41) is 25.9. The van der Waals surface area contributed by atoms with E-state index in [9.17, 15) is 0 Å². The number of fused-ring (bicyclic) bond motifs is 2. The number of anilines is 5. The summed E-state index contributed by atoms with van der Waals surface area (Å²) in [6.45, 7) is 6.29. The van der Waals surface area contributed by atoms with E-state index in [1.54, 1.807) is 0 Å². The first-order chi connectivity index (χ1) is 21.1. The van der Waals surface area contributed by atoms with Crippen LogP contribution in [0.1, 0.15) is 25.3 Å². The third-order valence-electron chi connectivity index (χ3n) is 7.17. The first-order valence-corrected chi connectivity index (χ1v) is 15.0. The third-order valence-corrected chi connectivity index (χ3v) is 7.89. The van der Waals surface area contributed by atoms with Crippen LogP contribution in [0.2, 0.25) is 0 Å². The number of aryl methyl sites for hydroxylation is 1. The molecule has 216 valence electrons. The van der Waals surface area contributed by atoms with Gasteiger partial charge in [-0.15, -0.1) is 20.4 Å². The number of hydrogen-bond donors (Lipinski definition) is 5. The number of hydrogen-bond acceptors (Lipinski definition) is 10. The van der Waals surface area contributed by atoms with Gasteiger partial charge in [-0.05, 0) is 68.8 Å². The molecule has 0 aliphatic heterocycles. The van der Waals surface area contributed by atoms with Gasteiger partial charge in [-0.1, -0.05) is 66.8 Å². The van der Waals surface area contributed by atoms with Crippen LogP contribution in [0.3, 0.4) is 0 Å². The fourth-order valence-electron chi connectivity index (χ4n) is 4.73. The number of nitrogens with zero attached hydrogens (tertiary/aromatic N) is 4. The largest absolute Gasteiger partial charge is 0.382 e. The number of aromatic nitrogens is 2. The predicted molar refractivity (Wildman–Crippen MR) is 181 cm³/mol. The minimum atomic E-state index is 0.404. The molecule has 0 aliphatic carbocycles. The van der Waals surface area contributed by atoms with Gasteiger partial charge < -0.3 is 27.0 Å². The van der Waals surface area contributed by atoms with Crippen LogP contribution in [-0.4, -0.2) is 16.2 Å². The second-order valence-electron chi connectivity index (χ2n) is 10.2. The van der Waals surface area contributed by atoms with E-state index in [-0.39, 0.29) is 0 Å². The Morgan fingerprint density at radius 3 is 1.65 bits per heavy atom. The fraction of sp³-hybridized carbons (Fsp3) is 0.152. The van der Waals surface area contributed by atoms with Crippen LogP contribution < -0.4 is 27.0 Å². The maximum atomic E-state index is 4.24. The smallest absolute Gasteiger partial charge is 0.251 e. The van der Waals surface area contributed by atoms with Gasteiger partial charge in [-0.3, -0.25) is 0 Å². The second-order valence-corrected chi connectivity index (χ2v) is 11.4. The zero-order valence-corrected chi connectivity index (χ0v) is 25.0. The maximum absolute atomic E-state index is 4.24. The molecule has 0 amide bonds. The molecule has 0 spiro atoms. The van der Waals surface area contributed by atoms with Crippen LogP contribution in [0.4, 0.5) is 39.3 Å². The summed E-state index contributed by atoms with van der Waals surface area (Å²) >= 11 is 1.41. The summed E-state index contributed by atoms with van der Waals surface area (Å²) in [7, 11) is 0. The van der Waals surface area contributed by atoms with E-state index in [1.807, 2.05) is 43.3 Å². The fourth-order valence-corrected chi connectivity index (χ4v) is 5.24. The minimum absolute atomic E-state index is 0.404. The van der Waals surface area contributed by atoms with E-state index in [0.29, 0.717) is 11.2 Å². The van der Waals surface area contributed by atoms with Gasteiger partial charge in [0.1, 0.15) is 5.01 Å². The zero-order valence-electron chi connectivity index (χ0n) is 24.2. The van der Waals surface area contributed by atoms with Crippen molar-refractivity contribution in [2.45, 2.75) is 33.2 Å². The lowest BCUT2D eigenvalue weighted by molar-refractivity contribution is 0.765. The lowest BCUT2D eigenvalue weighted by Gasteiger charge is -2.19. The van der Waals surface area contributed by atoms with Crippen LogP contribution in [0.25, 0.3) is 21.5 Å². The van der Waals surface area contributed by atoms with Gasteiger partial charge in [0.15, 0.2) is 0 Å². The van der Waals surface area contributed by atoms with Crippen LogP contribution in [0.5, 0.6) is 0 Å². The Morgan fingerprint density at radius 2 is 1.14 bits per heavy atom. The summed E-state index contributed by atoms with van der Waals surface area (Å²) < 4.78 is 0. The molecule has 9 nitrogen and oxygen atoms in total. The Labute approximate surface area is 254 Å². The predicted octanol–water partition coefficient (Wildman–Crippen LogP) is 9.66. The van der Waals surface area contributed by atoms with Crippen molar-refractivity contribution in [3.8, 4) is 0 Å². The zero-order chi connectivity index (χ0) is 29.6. The molecule has 0 fully saturated rings. The Balaban J connectivity index is 1.15. The highest BCUT2D eigenvalue weighted by Gasteiger charge is 2.10. The molecule has 5 aromatic carbocycles. The molecule has 6 aromatic rings. The van der Waals surface area contributed by atoms with Crippen LogP contribution >= 0.6 is 11.3 Å². The first-order valence-electron chi connectivity index (χ1n) is 14.2. The Hall–Kier alpha value is -5.22. The van der Waals surface area contributed by atoms with Crippen molar-refractivity contribution in [2.75, 3.05) is 27.0 Å². The number of benzene rings is 5. The molecule has 43 heavy (non-hydrogen) atoms. The lowest BCUT2D eigenvalue weighted by atomic mass is 10.1. The highest BCUT2D eigenvalue weighted by atomic mass is 32.1. The van der Waals surface area contributed by atoms with E-state index in [1.165, 1.54) is 16.7 Å². The van der Waals surface area contributed by atoms with Gasteiger partial charge in [-0.25, -0.2) is 0 Å². The first kappa shape index (κ1) is 27.9.